The Bertz CT molecular complexity index is 333. The van der Waals surface area contributed by atoms with Crippen molar-refractivity contribution in [2.24, 2.45) is 5.92 Å². The molecule has 2 rings (SSSR count). The third-order valence-electron chi connectivity index (χ3n) is 3.39. The lowest BCUT2D eigenvalue weighted by molar-refractivity contribution is 0.537. The van der Waals surface area contributed by atoms with Gasteiger partial charge in [-0.2, -0.15) is 0 Å². The molecule has 0 unspecified atom stereocenters. The third kappa shape index (κ3) is 3.34. The third-order valence-corrected chi connectivity index (χ3v) is 3.39. The topological polar surface area (TPSA) is 12.0 Å². The minimum Gasteiger partial charge on any atom is -0.307 e. The van der Waals surface area contributed by atoms with Gasteiger partial charge in [-0.05, 0) is 43.2 Å². The Labute approximate surface area is 99.3 Å². The van der Waals surface area contributed by atoms with Crippen LogP contribution in [-0.2, 0) is 13.0 Å². The van der Waals surface area contributed by atoms with E-state index in [4.69, 9.17) is 0 Å². The van der Waals surface area contributed by atoms with Gasteiger partial charge >= 0.3 is 0 Å². The maximum Gasteiger partial charge on any atom is 0.0210 e. The predicted octanol–water partition coefficient (Wildman–Crippen LogP) is 3.53. The van der Waals surface area contributed by atoms with Gasteiger partial charge in [-0.1, -0.05) is 38.1 Å². The van der Waals surface area contributed by atoms with Crippen molar-refractivity contribution >= 4 is 0 Å². The highest BCUT2D eigenvalue weighted by Gasteiger charge is 2.36. The molecule has 1 aliphatic carbocycles. The molecule has 0 heterocycles. The zero-order valence-corrected chi connectivity index (χ0v) is 10.7. The molecule has 0 amide bonds. The first-order valence-electron chi connectivity index (χ1n) is 6.40. The summed E-state index contributed by atoms with van der Waals surface area (Å²) in [5.41, 5.74) is 3.30. The van der Waals surface area contributed by atoms with Crippen LogP contribution in [-0.4, -0.2) is 5.54 Å². The van der Waals surface area contributed by atoms with Crippen LogP contribution in [0.1, 0.15) is 44.7 Å². The molecule has 0 atom stereocenters. The second-order valence-corrected chi connectivity index (χ2v) is 5.83. The summed E-state index contributed by atoms with van der Waals surface area (Å²) in [5, 5.41) is 3.61. The fourth-order valence-corrected chi connectivity index (χ4v) is 1.94. The summed E-state index contributed by atoms with van der Waals surface area (Å²) in [4.78, 5) is 0. The summed E-state index contributed by atoms with van der Waals surface area (Å²) in [7, 11) is 0. The number of rotatable bonds is 5. The molecule has 1 aromatic rings. The molecule has 1 saturated carbocycles. The van der Waals surface area contributed by atoms with E-state index in [0.29, 0.717) is 5.54 Å². The molecule has 1 aromatic carbocycles. The first kappa shape index (κ1) is 11.7. The molecule has 88 valence electrons. The molecule has 0 aromatic heterocycles. The van der Waals surface area contributed by atoms with Crippen LogP contribution in [0.15, 0.2) is 24.3 Å². The van der Waals surface area contributed by atoms with Crippen LogP contribution in [0.3, 0.4) is 0 Å². The maximum absolute atomic E-state index is 3.61. The van der Waals surface area contributed by atoms with E-state index in [-0.39, 0.29) is 0 Å². The van der Waals surface area contributed by atoms with Gasteiger partial charge < -0.3 is 5.32 Å². The second kappa shape index (κ2) is 4.58. The minimum atomic E-state index is 0.441. The first-order chi connectivity index (χ1) is 7.57. The van der Waals surface area contributed by atoms with E-state index < -0.39 is 0 Å². The Hall–Kier alpha value is -0.820. The summed E-state index contributed by atoms with van der Waals surface area (Å²) in [6, 6.07) is 9.06. The molecular formula is C15H23N. The summed E-state index contributed by atoms with van der Waals surface area (Å²) >= 11 is 0. The number of hydrogen-bond acceptors (Lipinski definition) is 1. The Morgan fingerprint density at radius 3 is 2.19 bits per heavy atom. The molecule has 1 aliphatic rings. The van der Waals surface area contributed by atoms with E-state index in [0.717, 1.165) is 12.5 Å². The van der Waals surface area contributed by atoms with Crippen molar-refractivity contribution in [1.29, 1.82) is 0 Å². The van der Waals surface area contributed by atoms with E-state index in [1.54, 1.807) is 0 Å². The molecule has 1 N–H and O–H groups in total. The molecule has 1 nitrogen and oxygen atoms in total. The number of nitrogens with one attached hydrogen (secondary N) is 1. The monoisotopic (exact) mass is 217 g/mol. The Kier molecular flexibility index (Phi) is 3.34. The van der Waals surface area contributed by atoms with Crippen molar-refractivity contribution in [3.63, 3.8) is 0 Å². The zero-order valence-electron chi connectivity index (χ0n) is 10.7. The first-order valence-corrected chi connectivity index (χ1v) is 6.40. The smallest absolute Gasteiger partial charge is 0.0210 e. The standard InChI is InChI=1S/C15H23N/c1-12(2)10-13-4-6-14(7-5-13)11-16-15(3)8-9-15/h4-7,12,16H,8-11H2,1-3H3. The minimum absolute atomic E-state index is 0.441. The zero-order chi connectivity index (χ0) is 11.6. The quantitative estimate of drug-likeness (QED) is 0.795. The summed E-state index contributed by atoms with van der Waals surface area (Å²) < 4.78 is 0. The van der Waals surface area contributed by atoms with Crippen molar-refractivity contribution in [1.82, 2.24) is 5.32 Å². The van der Waals surface area contributed by atoms with Crippen LogP contribution in [0.2, 0.25) is 0 Å². The molecule has 1 fully saturated rings. The van der Waals surface area contributed by atoms with Crippen LogP contribution < -0.4 is 5.32 Å². The molecule has 0 bridgehead atoms. The van der Waals surface area contributed by atoms with Crippen molar-refractivity contribution < 1.29 is 0 Å². The van der Waals surface area contributed by atoms with Crippen LogP contribution in [0.4, 0.5) is 0 Å². The van der Waals surface area contributed by atoms with Gasteiger partial charge in [0.1, 0.15) is 0 Å². The lowest BCUT2D eigenvalue weighted by Gasteiger charge is -2.12. The lowest BCUT2D eigenvalue weighted by Crippen LogP contribution is -2.26. The van der Waals surface area contributed by atoms with Gasteiger partial charge in [0.15, 0.2) is 0 Å². The second-order valence-electron chi connectivity index (χ2n) is 5.83. The Balaban J connectivity index is 1.86. The van der Waals surface area contributed by atoms with E-state index in [2.05, 4.69) is 50.4 Å². The average molecular weight is 217 g/mol. The van der Waals surface area contributed by atoms with Crippen LogP contribution >= 0.6 is 0 Å². The highest BCUT2D eigenvalue weighted by atomic mass is 15.0. The highest BCUT2D eigenvalue weighted by Crippen LogP contribution is 2.34. The van der Waals surface area contributed by atoms with Crippen molar-refractivity contribution in [3.8, 4) is 0 Å². The average Bonchev–Trinajstić information content (AvgIpc) is 2.96. The number of benzene rings is 1. The normalized spacial score (nSPS) is 17.8. The molecule has 16 heavy (non-hydrogen) atoms. The van der Waals surface area contributed by atoms with Gasteiger partial charge in [0.2, 0.25) is 0 Å². The fourth-order valence-electron chi connectivity index (χ4n) is 1.94. The molecule has 0 aliphatic heterocycles. The number of hydrogen-bond donors (Lipinski definition) is 1. The Morgan fingerprint density at radius 1 is 1.12 bits per heavy atom. The van der Waals surface area contributed by atoms with Gasteiger partial charge in [-0.25, -0.2) is 0 Å². The molecule has 0 saturated heterocycles. The predicted molar refractivity (Wildman–Crippen MR) is 69.5 cm³/mol. The fraction of sp³-hybridized carbons (Fsp3) is 0.600. The van der Waals surface area contributed by atoms with Gasteiger partial charge in [-0.3, -0.25) is 0 Å². The highest BCUT2D eigenvalue weighted by molar-refractivity contribution is 5.23. The Morgan fingerprint density at radius 2 is 1.69 bits per heavy atom. The lowest BCUT2D eigenvalue weighted by atomic mass is 10.0. The summed E-state index contributed by atoms with van der Waals surface area (Å²) in [6.45, 7) is 7.85. The molecule has 1 heteroatoms. The van der Waals surface area contributed by atoms with E-state index in [1.165, 1.54) is 30.4 Å². The van der Waals surface area contributed by atoms with Gasteiger partial charge in [0.05, 0.1) is 0 Å². The van der Waals surface area contributed by atoms with Crippen LogP contribution in [0, 0.1) is 5.92 Å². The molecule has 0 spiro atoms. The summed E-state index contributed by atoms with van der Waals surface area (Å²) in [5.74, 6) is 0.745. The summed E-state index contributed by atoms with van der Waals surface area (Å²) in [6.07, 6.45) is 3.85. The van der Waals surface area contributed by atoms with Crippen molar-refractivity contribution in [2.45, 2.75) is 52.1 Å². The van der Waals surface area contributed by atoms with Gasteiger partial charge in [-0.15, -0.1) is 0 Å². The van der Waals surface area contributed by atoms with Crippen molar-refractivity contribution in [2.75, 3.05) is 0 Å². The molecule has 0 radical (unpaired) electrons. The van der Waals surface area contributed by atoms with E-state index >= 15 is 0 Å². The van der Waals surface area contributed by atoms with Crippen LogP contribution in [0.25, 0.3) is 0 Å². The van der Waals surface area contributed by atoms with Gasteiger partial charge in [0, 0.05) is 12.1 Å². The van der Waals surface area contributed by atoms with E-state index in [9.17, 15) is 0 Å². The van der Waals surface area contributed by atoms with Gasteiger partial charge in [0.25, 0.3) is 0 Å². The van der Waals surface area contributed by atoms with Crippen molar-refractivity contribution in [3.05, 3.63) is 35.4 Å². The SMILES string of the molecule is CC(C)Cc1ccc(CNC2(C)CC2)cc1. The van der Waals surface area contributed by atoms with E-state index in [1.807, 2.05) is 0 Å². The van der Waals surface area contributed by atoms with Crippen LogP contribution in [0.5, 0.6) is 0 Å². The largest absolute Gasteiger partial charge is 0.307 e. The molecular weight excluding hydrogens is 194 g/mol. The maximum atomic E-state index is 3.61.